The van der Waals surface area contributed by atoms with E-state index in [-0.39, 0.29) is 29.3 Å². The highest BCUT2D eigenvalue weighted by molar-refractivity contribution is 7.89. The molecule has 8 heteroatoms. The second kappa shape index (κ2) is 9.70. The van der Waals surface area contributed by atoms with Gasteiger partial charge in [0, 0.05) is 44.0 Å². The van der Waals surface area contributed by atoms with Crippen LogP contribution in [-0.4, -0.2) is 61.9 Å². The van der Waals surface area contributed by atoms with Crippen LogP contribution in [0.25, 0.3) is 0 Å². The molecule has 1 aromatic carbocycles. The van der Waals surface area contributed by atoms with Crippen molar-refractivity contribution < 1.29 is 17.9 Å². The Morgan fingerprint density at radius 2 is 1.90 bits per heavy atom. The Morgan fingerprint density at radius 1 is 1.21 bits per heavy atom. The molecule has 2 fully saturated rings. The molecule has 1 aromatic rings. The van der Waals surface area contributed by atoms with Gasteiger partial charge in [0.25, 0.3) is 5.91 Å². The van der Waals surface area contributed by atoms with Gasteiger partial charge in [-0.05, 0) is 56.9 Å². The second-order valence-corrected chi connectivity index (χ2v) is 9.63. The molecule has 2 heterocycles. The van der Waals surface area contributed by atoms with Crippen LogP contribution in [0.5, 0.6) is 0 Å². The molecule has 0 radical (unpaired) electrons. The van der Waals surface area contributed by atoms with E-state index in [0.29, 0.717) is 31.9 Å². The van der Waals surface area contributed by atoms with Crippen LogP contribution in [0.3, 0.4) is 0 Å². The number of amides is 1. The van der Waals surface area contributed by atoms with Gasteiger partial charge in [-0.15, -0.1) is 0 Å². The van der Waals surface area contributed by atoms with E-state index in [1.54, 1.807) is 21.3 Å². The average Bonchev–Trinajstić information content (AvgIpc) is 2.75. The lowest BCUT2D eigenvalue weighted by molar-refractivity contribution is 0.0296. The maximum Gasteiger partial charge on any atom is 0.254 e. The first-order chi connectivity index (χ1) is 13.9. The van der Waals surface area contributed by atoms with Crippen LogP contribution >= 0.6 is 0 Å². The zero-order valence-electron chi connectivity index (χ0n) is 16.9. The van der Waals surface area contributed by atoms with Crippen molar-refractivity contribution in [2.24, 2.45) is 0 Å². The summed E-state index contributed by atoms with van der Waals surface area (Å²) in [5.41, 5.74) is 0.445. The number of nitrogens with zero attached hydrogens (tertiary/aromatic N) is 3. The smallest absolute Gasteiger partial charge is 0.254 e. The third-order valence-corrected chi connectivity index (χ3v) is 7.83. The standard InChI is InChI=1S/C21H29N3O4S/c1-17-5-2-3-14-24(17)29(26,27)20-8-6-18(7-9-20)21(25)23(13-4-12-22)19-10-15-28-16-11-19/h6-9,17,19H,2-5,10-11,13-16H2,1H3. The molecular weight excluding hydrogens is 390 g/mol. The van der Waals surface area contributed by atoms with Gasteiger partial charge in [-0.3, -0.25) is 4.79 Å². The molecule has 1 amide bonds. The largest absolute Gasteiger partial charge is 0.381 e. The van der Waals surface area contributed by atoms with E-state index in [0.717, 1.165) is 32.1 Å². The summed E-state index contributed by atoms with van der Waals surface area (Å²) in [7, 11) is -3.56. The monoisotopic (exact) mass is 419 g/mol. The highest BCUT2D eigenvalue weighted by Gasteiger charge is 2.31. The van der Waals surface area contributed by atoms with E-state index in [4.69, 9.17) is 10.00 Å². The van der Waals surface area contributed by atoms with Gasteiger partial charge in [-0.2, -0.15) is 9.57 Å². The Kier molecular flexibility index (Phi) is 7.28. The highest BCUT2D eigenvalue weighted by atomic mass is 32.2. The average molecular weight is 420 g/mol. The second-order valence-electron chi connectivity index (χ2n) is 7.74. The van der Waals surface area contributed by atoms with Crippen molar-refractivity contribution in [2.45, 2.75) is 62.4 Å². The molecule has 0 spiro atoms. The number of nitriles is 1. The Hall–Kier alpha value is -1.95. The van der Waals surface area contributed by atoms with Crippen molar-refractivity contribution in [3.05, 3.63) is 29.8 Å². The maximum atomic E-state index is 13.1. The molecule has 1 atom stereocenters. The molecule has 0 bridgehead atoms. The van der Waals surface area contributed by atoms with E-state index >= 15 is 0 Å². The summed E-state index contributed by atoms with van der Waals surface area (Å²) < 4.78 is 32.9. The first kappa shape index (κ1) is 21.8. The summed E-state index contributed by atoms with van der Waals surface area (Å²) in [5, 5.41) is 8.95. The normalized spacial score (nSPS) is 21.4. The predicted molar refractivity (Wildman–Crippen MR) is 109 cm³/mol. The molecule has 2 aliphatic rings. The Balaban J connectivity index is 1.78. The van der Waals surface area contributed by atoms with Crippen molar-refractivity contribution >= 4 is 15.9 Å². The van der Waals surface area contributed by atoms with Gasteiger partial charge < -0.3 is 9.64 Å². The quantitative estimate of drug-likeness (QED) is 0.707. The fourth-order valence-electron chi connectivity index (χ4n) is 4.12. The molecule has 0 aliphatic carbocycles. The summed E-state index contributed by atoms with van der Waals surface area (Å²) in [5.74, 6) is -0.164. The van der Waals surface area contributed by atoms with Gasteiger partial charge in [0.15, 0.2) is 0 Å². The van der Waals surface area contributed by atoms with Gasteiger partial charge in [-0.1, -0.05) is 6.42 Å². The third-order valence-electron chi connectivity index (χ3n) is 5.81. The van der Waals surface area contributed by atoms with E-state index in [9.17, 15) is 13.2 Å². The third kappa shape index (κ3) is 4.97. The van der Waals surface area contributed by atoms with Crippen LogP contribution in [-0.2, 0) is 14.8 Å². The van der Waals surface area contributed by atoms with Crippen molar-refractivity contribution in [3.63, 3.8) is 0 Å². The molecule has 158 valence electrons. The van der Waals surface area contributed by atoms with Crippen LogP contribution in [0.1, 0.15) is 55.8 Å². The number of ether oxygens (including phenoxy) is 1. The molecule has 2 saturated heterocycles. The van der Waals surface area contributed by atoms with Crippen LogP contribution in [0.2, 0.25) is 0 Å². The van der Waals surface area contributed by atoms with Crippen LogP contribution < -0.4 is 0 Å². The van der Waals surface area contributed by atoms with Crippen molar-refractivity contribution in [3.8, 4) is 6.07 Å². The number of piperidine rings is 1. The summed E-state index contributed by atoms with van der Waals surface area (Å²) in [4.78, 5) is 15.0. The maximum absolute atomic E-state index is 13.1. The Labute approximate surface area is 173 Å². The van der Waals surface area contributed by atoms with Crippen molar-refractivity contribution in [1.29, 1.82) is 5.26 Å². The van der Waals surface area contributed by atoms with Crippen LogP contribution in [0.15, 0.2) is 29.2 Å². The number of hydrogen-bond donors (Lipinski definition) is 0. The topological polar surface area (TPSA) is 90.7 Å². The number of carbonyl (C=O) groups is 1. The lowest BCUT2D eigenvalue weighted by Gasteiger charge is -2.34. The summed E-state index contributed by atoms with van der Waals surface area (Å²) in [6.07, 6.45) is 4.55. The number of hydrogen-bond acceptors (Lipinski definition) is 5. The summed E-state index contributed by atoms with van der Waals surface area (Å²) >= 11 is 0. The minimum atomic E-state index is -3.56. The molecule has 1 unspecified atom stereocenters. The van der Waals surface area contributed by atoms with Crippen LogP contribution in [0.4, 0.5) is 0 Å². The van der Waals surface area contributed by atoms with Crippen molar-refractivity contribution in [1.82, 2.24) is 9.21 Å². The summed E-state index contributed by atoms with van der Waals surface area (Å²) in [6, 6.07) is 8.36. The van der Waals surface area contributed by atoms with Gasteiger partial charge in [-0.25, -0.2) is 8.42 Å². The van der Waals surface area contributed by atoms with Gasteiger partial charge in [0.1, 0.15) is 0 Å². The molecule has 2 aliphatic heterocycles. The lowest BCUT2D eigenvalue weighted by Crippen LogP contribution is -2.44. The first-order valence-corrected chi connectivity index (χ1v) is 11.8. The fourth-order valence-corrected chi connectivity index (χ4v) is 5.82. The summed E-state index contributed by atoms with van der Waals surface area (Å²) in [6.45, 7) is 4.05. The van der Waals surface area contributed by atoms with E-state index < -0.39 is 10.0 Å². The minimum absolute atomic E-state index is 0.00921. The van der Waals surface area contributed by atoms with Gasteiger partial charge >= 0.3 is 0 Å². The van der Waals surface area contributed by atoms with Gasteiger partial charge in [0.05, 0.1) is 17.4 Å². The first-order valence-electron chi connectivity index (χ1n) is 10.3. The minimum Gasteiger partial charge on any atom is -0.381 e. The molecule has 0 saturated carbocycles. The molecule has 0 N–H and O–H groups in total. The molecule has 0 aromatic heterocycles. The van der Waals surface area contributed by atoms with E-state index in [1.807, 2.05) is 6.92 Å². The van der Waals surface area contributed by atoms with Crippen LogP contribution in [0, 0.1) is 11.3 Å². The van der Waals surface area contributed by atoms with E-state index in [1.165, 1.54) is 12.1 Å². The number of benzene rings is 1. The molecule has 3 rings (SSSR count). The zero-order chi connectivity index (χ0) is 20.9. The molecule has 7 nitrogen and oxygen atoms in total. The number of sulfonamides is 1. The van der Waals surface area contributed by atoms with Crippen molar-refractivity contribution in [2.75, 3.05) is 26.3 Å². The predicted octanol–water partition coefficient (Wildman–Crippen LogP) is 2.78. The molecular formula is C21H29N3O4S. The molecule has 29 heavy (non-hydrogen) atoms. The SMILES string of the molecule is CC1CCCCN1S(=O)(=O)c1ccc(C(=O)N(CCC#N)C2CCOCC2)cc1. The number of rotatable bonds is 6. The zero-order valence-corrected chi connectivity index (χ0v) is 17.7. The Morgan fingerprint density at radius 3 is 2.52 bits per heavy atom. The fraction of sp³-hybridized carbons (Fsp3) is 0.619. The van der Waals surface area contributed by atoms with Gasteiger partial charge in [0.2, 0.25) is 10.0 Å². The lowest BCUT2D eigenvalue weighted by atomic mass is 10.0. The van der Waals surface area contributed by atoms with E-state index in [2.05, 4.69) is 6.07 Å². The number of carbonyl (C=O) groups excluding carboxylic acids is 1. The highest BCUT2D eigenvalue weighted by Crippen LogP contribution is 2.26. The Bertz CT molecular complexity index is 842.